The van der Waals surface area contributed by atoms with Crippen LogP contribution in [0.25, 0.3) is 0 Å². The number of ketones is 1. The van der Waals surface area contributed by atoms with E-state index in [0.717, 1.165) is 17.0 Å². The molecule has 2 unspecified atom stereocenters. The molecule has 2 N–H and O–H groups in total. The summed E-state index contributed by atoms with van der Waals surface area (Å²) in [6, 6.07) is 10.3. The SMILES string of the molecule is O=C1CC(c2ccco2)CC2=C1C(c1cccc(O)c1)n1ncnc1N2. The van der Waals surface area contributed by atoms with Gasteiger partial charge in [-0.15, -0.1) is 0 Å². The topological polar surface area (TPSA) is 93.2 Å². The Morgan fingerprint density at radius 1 is 1.23 bits per heavy atom. The van der Waals surface area contributed by atoms with Crippen molar-refractivity contribution in [3.8, 4) is 5.75 Å². The van der Waals surface area contributed by atoms with Gasteiger partial charge in [0.1, 0.15) is 23.9 Å². The van der Waals surface area contributed by atoms with Crippen molar-refractivity contribution in [1.82, 2.24) is 14.8 Å². The number of carbonyl (C=O) groups excluding carboxylic acids is 1. The number of nitrogens with one attached hydrogen (secondary N) is 1. The number of nitrogens with zero attached hydrogens (tertiary/aromatic N) is 3. The van der Waals surface area contributed by atoms with Crippen molar-refractivity contribution in [3.63, 3.8) is 0 Å². The fourth-order valence-electron chi connectivity index (χ4n) is 3.88. The number of phenolic OH excluding ortho intramolecular Hbond substituents is 1. The van der Waals surface area contributed by atoms with Gasteiger partial charge in [0.2, 0.25) is 5.95 Å². The predicted octanol–water partition coefficient (Wildman–Crippen LogP) is 2.99. The third-order valence-corrected chi connectivity index (χ3v) is 4.99. The Balaban J connectivity index is 1.63. The van der Waals surface area contributed by atoms with E-state index in [1.807, 2.05) is 18.2 Å². The first-order chi connectivity index (χ1) is 12.7. The van der Waals surface area contributed by atoms with Crippen molar-refractivity contribution < 1.29 is 14.3 Å². The summed E-state index contributed by atoms with van der Waals surface area (Å²) in [6.45, 7) is 0. The monoisotopic (exact) mass is 348 g/mol. The second kappa shape index (κ2) is 5.59. The number of furan rings is 1. The highest BCUT2D eigenvalue weighted by atomic mass is 16.3. The van der Waals surface area contributed by atoms with Gasteiger partial charge in [0.15, 0.2) is 5.78 Å². The van der Waals surface area contributed by atoms with E-state index in [9.17, 15) is 9.90 Å². The Hall–Kier alpha value is -3.35. The molecule has 0 saturated heterocycles. The number of rotatable bonds is 2. The van der Waals surface area contributed by atoms with Gasteiger partial charge < -0.3 is 14.8 Å². The molecule has 0 fully saturated rings. The highest BCUT2D eigenvalue weighted by molar-refractivity contribution is 6.00. The van der Waals surface area contributed by atoms with Crippen molar-refractivity contribution >= 4 is 11.7 Å². The van der Waals surface area contributed by atoms with Gasteiger partial charge in [0, 0.05) is 23.6 Å². The molecule has 2 aromatic heterocycles. The second-order valence-electron chi connectivity index (χ2n) is 6.59. The molecule has 1 aliphatic heterocycles. The Morgan fingerprint density at radius 3 is 2.96 bits per heavy atom. The van der Waals surface area contributed by atoms with Crippen molar-refractivity contribution in [2.75, 3.05) is 5.32 Å². The third-order valence-electron chi connectivity index (χ3n) is 4.99. The van der Waals surface area contributed by atoms with E-state index < -0.39 is 6.04 Å². The largest absolute Gasteiger partial charge is 0.508 e. The van der Waals surface area contributed by atoms with Crippen molar-refractivity contribution in [1.29, 1.82) is 0 Å². The minimum absolute atomic E-state index is 0.00282. The molecule has 0 amide bonds. The first kappa shape index (κ1) is 14.9. The molecule has 1 aromatic carbocycles. The molecule has 7 nitrogen and oxygen atoms in total. The van der Waals surface area contributed by atoms with Crippen LogP contribution in [0.1, 0.15) is 36.1 Å². The molecule has 3 aromatic rings. The van der Waals surface area contributed by atoms with Crippen LogP contribution in [0.5, 0.6) is 5.75 Å². The molecule has 7 heteroatoms. The molecule has 2 atom stereocenters. The summed E-state index contributed by atoms with van der Waals surface area (Å²) in [7, 11) is 0. The van der Waals surface area contributed by atoms with E-state index in [4.69, 9.17) is 4.42 Å². The fourth-order valence-corrected chi connectivity index (χ4v) is 3.88. The van der Waals surface area contributed by atoms with Gasteiger partial charge in [-0.2, -0.15) is 10.1 Å². The Morgan fingerprint density at radius 2 is 2.15 bits per heavy atom. The van der Waals surface area contributed by atoms with Crippen LogP contribution in [0.3, 0.4) is 0 Å². The number of fused-ring (bicyclic) bond motifs is 1. The van der Waals surface area contributed by atoms with Gasteiger partial charge in [-0.3, -0.25) is 4.79 Å². The minimum atomic E-state index is -0.402. The lowest BCUT2D eigenvalue weighted by atomic mass is 9.79. The number of phenols is 1. The maximum atomic E-state index is 13.1. The van der Waals surface area contributed by atoms with Gasteiger partial charge in [-0.25, -0.2) is 4.68 Å². The van der Waals surface area contributed by atoms with Gasteiger partial charge in [-0.1, -0.05) is 12.1 Å². The first-order valence-electron chi connectivity index (χ1n) is 8.46. The van der Waals surface area contributed by atoms with Crippen molar-refractivity contribution in [2.24, 2.45) is 0 Å². The molecule has 3 heterocycles. The number of aromatic nitrogens is 3. The van der Waals surface area contributed by atoms with Crippen LogP contribution in [0.4, 0.5) is 5.95 Å². The lowest BCUT2D eigenvalue weighted by Gasteiger charge is -2.34. The van der Waals surface area contributed by atoms with Crippen molar-refractivity contribution in [3.05, 3.63) is 71.6 Å². The summed E-state index contributed by atoms with van der Waals surface area (Å²) in [5.41, 5.74) is 2.32. The van der Waals surface area contributed by atoms with Gasteiger partial charge >= 0.3 is 0 Å². The molecule has 26 heavy (non-hydrogen) atoms. The van der Waals surface area contributed by atoms with E-state index in [2.05, 4.69) is 15.4 Å². The van der Waals surface area contributed by atoms with E-state index in [-0.39, 0.29) is 17.5 Å². The van der Waals surface area contributed by atoms with Crippen LogP contribution in [0, 0.1) is 0 Å². The molecule has 0 saturated carbocycles. The minimum Gasteiger partial charge on any atom is -0.508 e. The fraction of sp³-hybridized carbons (Fsp3) is 0.211. The van der Waals surface area contributed by atoms with Crippen LogP contribution in [-0.4, -0.2) is 25.7 Å². The average molecular weight is 348 g/mol. The zero-order chi connectivity index (χ0) is 17.7. The number of hydrogen-bond donors (Lipinski definition) is 2. The van der Waals surface area contributed by atoms with E-state index >= 15 is 0 Å². The molecule has 1 aliphatic carbocycles. The van der Waals surface area contributed by atoms with Gasteiger partial charge in [0.05, 0.1) is 6.26 Å². The van der Waals surface area contributed by atoms with Crippen LogP contribution in [-0.2, 0) is 4.79 Å². The molecular formula is C19H16N4O3. The second-order valence-corrected chi connectivity index (χ2v) is 6.59. The smallest absolute Gasteiger partial charge is 0.226 e. The van der Waals surface area contributed by atoms with E-state index in [1.54, 1.807) is 29.1 Å². The molecular weight excluding hydrogens is 332 g/mol. The number of carbonyl (C=O) groups is 1. The average Bonchev–Trinajstić information content (AvgIpc) is 3.31. The van der Waals surface area contributed by atoms with Crippen molar-refractivity contribution in [2.45, 2.75) is 24.8 Å². The number of benzene rings is 1. The maximum absolute atomic E-state index is 13.1. The maximum Gasteiger partial charge on any atom is 0.226 e. The number of hydrogen-bond acceptors (Lipinski definition) is 6. The molecule has 5 rings (SSSR count). The summed E-state index contributed by atoms with van der Waals surface area (Å²) in [4.78, 5) is 17.3. The lowest BCUT2D eigenvalue weighted by molar-refractivity contribution is -0.117. The van der Waals surface area contributed by atoms with Crippen LogP contribution >= 0.6 is 0 Å². The quantitative estimate of drug-likeness (QED) is 0.739. The summed E-state index contributed by atoms with van der Waals surface area (Å²) >= 11 is 0. The lowest BCUT2D eigenvalue weighted by Crippen LogP contribution is -2.33. The van der Waals surface area contributed by atoms with Crippen LogP contribution in [0.15, 0.2) is 64.7 Å². The van der Waals surface area contributed by atoms with Crippen LogP contribution < -0.4 is 5.32 Å². The number of aromatic hydroxyl groups is 1. The Labute approximate surface area is 149 Å². The molecule has 0 bridgehead atoms. The van der Waals surface area contributed by atoms with Gasteiger partial charge in [-0.05, 0) is 36.2 Å². The first-order valence-corrected chi connectivity index (χ1v) is 8.46. The zero-order valence-corrected chi connectivity index (χ0v) is 13.8. The Bertz CT molecular complexity index is 1020. The van der Waals surface area contributed by atoms with E-state index in [1.165, 1.54) is 6.33 Å². The number of allylic oxidation sites excluding steroid dienone is 2. The number of anilines is 1. The van der Waals surface area contributed by atoms with Crippen LogP contribution in [0.2, 0.25) is 0 Å². The molecule has 0 radical (unpaired) electrons. The zero-order valence-electron chi connectivity index (χ0n) is 13.8. The summed E-state index contributed by atoms with van der Waals surface area (Å²) in [6.07, 6.45) is 4.14. The standard InChI is InChI=1S/C19H16N4O3/c24-13-4-1-3-11(7-13)18-17-14(22-19-20-10-21-23(18)19)8-12(9-15(17)25)16-5-2-6-26-16/h1-7,10,12,18,24H,8-9H2,(H,20,21,22). The molecule has 130 valence electrons. The third kappa shape index (κ3) is 2.24. The molecule has 2 aliphatic rings. The summed E-state index contributed by atoms with van der Waals surface area (Å²) < 4.78 is 7.21. The predicted molar refractivity (Wildman–Crippen MR) is 92.6 cm³/mol. The highest BCUT2D eigenvalue weighted by Crippen LogP contribution is 2.44. The Kier molecular flexibility index (Phi) is 3.21. The highest BCUT2D eigenvalue weighted by Gasteiger charge is 2.39. The molecule has 0 spiro atoms. The normalized spacial score (nSPS) is 21.9. The van der Waals surface area contributed by atoms with Gasteiger partial charge in [0.25, 0.3) is 0 Å². The summed E-state index contributed by atoms with van der Waals surface area (Å²) in [5, 5.41) is 17.5. The van der Waals surface area contributed by atoms with E-state index in [0.29, 0.717) is 24.4 Å². The number of Topliss-reactive ketones (excluding diaryl/α,β-unsaturated/α-hetero) is 1. The summed E-state index contributed by atoms with van der Waals surface area (Å²) in [5.74, 6) is 1.61.